The number of nitrogens with one attached hydrogen (secondary N) is 1. The molecule has 0 aliphatic carbocycles. The smallest absolute Gasteiger partial charge is 0.144 e. The number of aromatic nitrogens is 2. The van der Waals surface area contributed by atoms with Crippen LogP contribution in [0.25, 0.3) is 0 Å². The molecule has 1 fully saturated rings. The summed E-state index contributed by atoms with van der Waals surface area (Å²) in [7, 11) is 3.34. The highest BCUT2D eigenvalue weighted by Gasteiger charge is 2.37. The topological polar surface area (TPSA) is 56.4 Å². The highest BCUT2D eigenvalue weighted by atomic mass is 79.9. The molecule has 5 nitrogen and oxygen atoms in total. The van der Waals surface area contributed by atoms with Crippen LogP contribution < -0.4 is 0 Å². The average Bonchev–Trinajstić information content (AvgIpc) is 2.44. The number of hydrogen-bond acceptors (Lipinski definition) is 5. The predicted octanol–water partition coefficient (Wildman–Crippen LogP) is 2.70. The summed E-state index contributed by atoms with van der Waals surface area (Å²) in [6.07, 6.45) is 1.52. The van der Waals surface area contributed by atoms with Gasteiger partial charge < -0.3 is 19.2 Å². The second-order valence-electron chi connectivity index (χ2n) is 4.43. The summed E-state index contributed by atoms with van der Waals surface area (Å²) in [4.78, 5) is 7.74. The molecule has 2 heterocycles. The Kier molecular flexibility index (Phi) is 5.08. The lowest BCUT2D eigenvalue weighted by Gasteiger charge is -2.35. The van der Waals surface area contributed by atoms with E-state index in [-0.39, 0.29) is 0 Å². The Morgan fingerprint density at radius 2 is 2.11 bits per heavy atom. The van der Waals surface area contributed by atoms with E-state index in [4.69, 9.17) is 26.4 Å². The molecule has 0 aromatic carbocycles. The van der Waals surface area contributed by atoms with E-state index in [2.05, 4.69) is 25.9 Å². The second-order valence-corrected chi connectivity index (χ2v) is 5.61. The van der Waals surface area contributed by atoms with Gasteiger partial charge in [0.1, 0.15) is 16.1 Å². The van der Waals surface area contributed by atoms with E-state index in [0.29, 0.717) is 24.5 Å². The van der Waals surface area contributed by atoms with Gasteiger partial charge in [-0.25, -0.2) is 4.98 Å². The molecule has 0 unspecified atom stereocenters. The molecule has 1 aliphatic rings. The van der Waals surface area contributed by atoms with Gasteiger partial charge in [0.05, 0.1) is 16.8 Å². The first-order chi connectivity index (χ1) is 9.13. The molecule has 1 aromatic rings. The van der Waals surface area contributed by atoms with Gasteiger partial charge in [-0.05, 0) is 15.9 Å². The number of nitrogens with zero attached hydrogens (tertiary/aromatic N) is 1. The maximum absolute atomic E-state index is 5.72. The molecule has 7 heteroatoms. The monoisotopic (exact) mass is 348 g/mol. The molecule has 0 radical (unpaired) electrons. The van der Waals surface area contributed by atoms with Crippen LogP contribution in [0.5, 0.6) is 0 Å². The van der Waals surface area contributed by atoms with Crippen molar-refractivity contribution in [2.45, 2.75) is 25.0 Å². The molecule has 2 rings (SSSR count). The summed E-state index contributed by atoms with van der Waals surface area (Å²) in [5.41, 5.74) is 0.426. The lowest BCUT2D eigenvalue weighted by atomic mass is 9.93. The number of rotatable bonds is 4. The predicted molar refractivity (Wildman–Crippen MR) is 76.6 cm³/mol. The van der Waals surface area contributed by atoms with Crippen LogP contribution in [0.3, 0.4) is 0 Å². The Labute approximate surface area is 125 Å². The first-order valence-corrected chi connectivity index (χ1v) is 7.24. The molecule has 1 aliphatic heterocycles. The molecule has 0 saturated carbocycles. The van der Waals surface area contributed by atoms with Crippen LogP contribution in [0.15, 0.2) is 4.47 Å². The van der Waals surface area contributed by atoms with Crippen molar-refractivity contribution in [3.63, 3.8) is 0 Å². The van der Waals surface area contributed by atoms with Crippen molar-refractivity contribution in [1.82, 2.24) is 9.97 Å². The number of halogens is 1. The standard InChI is InChI=1S/C12H17BrN2O3S/c1-16-7-8-9(13)10(19)15-11(14-8)12(17-2)3-5-18-6-4-12/h3-7H2,1-2H3,(H,14,15,19). The minimum Gasteiger partial charge on any atom is -0.381 e. The molecule has 1 saturated heterocycles. The van der Waals surface area contributed by atoms with Gasteiger partial charge in [-0.1, -0.05) is 12.2 Å². The number of methoxy groups -OCH3 is 2. The van der Waals surface area contributed by atoms with Gasteiger partial charge in [-0.3, -0.25) is 0 Å². The quantitative estimate of drug-likeness (QED) is 0.847. The third-order valence-electron chi connectivity index (χ3n) is 3.35. The highest BCUT2D eigenvalue weighted by Crippen LogP contribution is 2.34. The maximum Gasteiger partial charge on any atom is 0.144 e. The van der Waals surface area contributed by atoms with Gasteiger partial charge in [0.2, 0.25) is 0 Å². The van der Waals surface area contributed by atoms with Crippen LogP contribution in [0.2, 0.25) is 0 Å². The molecule has 106 valence electrons. The summed E-state index contributed by atoms with van der Waals surface area (Å²) < 4.78 is 17.6. The minimum absolute atomic E-state index is 0.441. The number of H-pyrrole nitrogens is 1. The molecule has 1 N–H and O–H groups in total. The van der Waals surface area contributed by atoms with Crippen LogP contribution in [-0.4, -0.2) is 37.4 Å². The highest BCUT2D eigenvalue weighted by molar-refractivity contribution is 9.10. The largest absolute Gasteiger partial charge is 0.381 e. The Morgan fingerprint density at radius 3 is 2.68 bits per heavy atom. The summed E-state index contributed by atoms with van der Waals surface area (Å²) in [6, 6.07) is 0. The van der Waals surface area contributed by atoms with Crippen molar-refractivity contribution in [1.29, 1.82) is 0 Å². The van der Waals surface area contributed by atoms with E-state index in [1.54, 1.807) is 14.2 Å². The Morgan fingerprint density at radius 1 is 1.42 bits per heavy atom. The lowest BCUT2D eigenvalue weighted by molar-refractivity contribution is -0.100. The van der Waals surface area contributed by atoms with Crippen LogP contribution in [0, 0.1) is 4.64 Å². The third-order valence-corrected chi connectivity index (χ3v) is 4.76. The Balaban J connectivity index is 2.45. The molecule has 19 heavy (non-hydrogen) atoms. The summed E-state index contributed by atoms with van der Waals surface area (Å²) in [5, 5.41) is 0. The normalized spacial score (nSPS) is 18.5. The van der Waals surface area contributed by atoms with E-state index in [9.17, 15) is 0 Å². The lowest BCUT2D eigenvalue weighted by Crippen LogP contribution is -2.37. The summed E-state index contributed by atoms with van der Waals surface area (Å²) in [5.74, 6) is 0.749. The first-order valence-electron chi connectivity index (χ1n) is 6.04. The van der Waals surface area contributed by atoms with Gasteiger partial charge in [-0.2, -0.15) is 0 Å². The summed E-state index contributed by atoms with van der Waals surface area (Å²) >= 11 is 8.72. The minimum atomic E-state index is -0.449. The van der Waals surface area contributed by atoms with Crippen molar-refractivity contribution in [2.75, 3.05) is 27.4 Å². The van der Waals surface area contributed by atoms with Gasteiger partial charge >= 0.3 is 0 Å². The van der Waals surface area contributed by atoms with Gasteiger partial charge in [-0.15, -0.1) is 0 Å². The van der Waals surface area contributed by atoms with E-state index in [0.717, 1.165) is 28.8 Å². The van der Waals surface area contributed by atoms with Crippen molar-refractivity contribution in [2.24, 2.45) is 0 Å². The second kappa shape index (κ2) is 6.41. The zero-order valence-electron chi connectivity index (χ0n) is 11.0. The van der Waals surface area contributed by atoms with Gasteiger partial charge in [0.25, 0.3) is 0 Å². The SMILES string of the molecule is COCc1[nH]c(C2(OC)CCOCC2)nc(=S)c1Br. The van der Waals surface area contributed by atoms with Gasteiger partial charge in [0.15, 0.2) is 0 Å². The molecular formula is C12H17BrN2O3S. The average molecular weight is 349 g/mol. The zero-order valence-corrected chi connectivity index (χ0v) is 13.4. The van der Waals surface area contributed by atoms with Crippen molar-refractivity contribution in [3.8, 4) is 0 Å². The van der Waals surface area contributed by atoms with Crippen LogP contribution in [-0.2, 0) is 26.4 Å². The van der Waals surface area contributed by atoms with Crippen LogP contribution >= 0.6 is 28.1 Å². The molecule has 0 atom stereocenters. The summed E-state index contributed by atoms with van der Waals surface area (Å²) in [6.45, 7) is 1.76. The van der Waals surface area contributed by atoms with Crippen LogP contribution in [0.1, 0.15) is 24.4 Å². The van der Waals surface area contributed by atoms with Crippen LogP contribution in [0.4, 0.5) is 0 Å². The maximum atomic E-state index is 5.72. The Bertz CT molecular complexity index is 500. The van der Waals surface area contributed by atoms with E-state index < -0.39 is 5.60 Å². The van der Waals surface area contributed by atoms with Crippen molar-refractivity contribution in [3.05, 3.63) is 20.6 Å². The first kappa shape index (κ1) is 15.1. The van der Waals surface area contributed by atoms with E-state index in [1.807, 2.05) is 0 Å². The van der Waals surface area contributed by atoms with E-state index in [1.165, 1.54) is 0 Å². The van der Waals surface area contributed by atoms with Gasteiger partial charge in [0, 0.05) is 40.3 Å². The fourth-order valence-corrected chi connectivity index (χ4v) is 2.72. The fourth-order valence-electron chi connectivity index (χ4n) is 2.20. The molecule has 1 aromatic heterocycles. The molecular weight excluding hydrogens is 332 g/mol. The number of ether oxygens (including phenoxy) is 3. The fraction of sp³-hybridized carbons (Fsp3) is 0.667. The molecule has 0 bridgehead atoms. The molecule has 0 amide bonds. The number of aromatic amines is 1. The van der Waals surface area contributed by atoms with E-state index >= 15 is 0 Å². The number of hydrogen-bond donors (Lipinski definition) is 1. The van der Waals surface area contributed by atoms with Crippen molar-refractivity contribution >= 4 is 28.1 Å². The van der Waals surface area contributed by atoms with Crippen molar-refractivity contribution < 1.29 is 14.2 Å². The third kappa shape index (κ3) is 3.05. The Hall–Kier alpha value is -0.340. The molecule has 0 spiro atoms. The zero-order chi connectivity index (χ0) is 13.9.